The van der Waals surface area contributed by atoms with Crippen molar-refractivity contribution < 1.29 is 37.9 Å². The number of ether oxygens (including phenoxy) is 2. The van der Waals surface area contributed by atoms with E-state index in [1.165, 1.54) is 10.1 Å². The number of hydrogen-bond acceptors (Lipinski definition) is 9. The number of imide groups is 1. The molecule has 10 rings (SSSR count). The molecule has 13 heteroatoms. The van der Waals surface area contributed by atoms with Crippen LogP contribution in [0.5, 0.6) is 17.2 Å². The van der Waals surface area contributed by atoms with Crippen LogP contribution in [0.15, 0.2) is 66.7 Å². The van der Waals surface area contributed by atoms with Gasteiger partial charge in [0.15, 0.2) is 18.5 Å². The number of piperazine rings is 1. The third-order valence-electron chi connectivity index (χ3n) is 14.3. The van der Waals surface area contributed by atoms with Gasteiger partial charge in [-0.3, -0.25) is 19.8 Å². The molecule has 1 unspecified atom stereocenters. The number of carbonyl (C=O) groups is 3. The lowest BCUT2D eigenvalue weighted by atomic mass is 9.69. The van der Waals surface area contributed by atoms with Gasteiger partial charge in [-0.2, -0.15) is 4.58 Å². The average molecular weight is 861 g/mol. The normalized spacial score (nSPS) is 24.6. The fourth-order valence-corrected chi connectivity index (χ4v) is 11.4. The molecule has 6 aliphatic rings. The molecule has 4 atom stereocenters. The Morgan fingerprint density at radius 2 is 1.77 bits per heavy atom. The minimum atomic E-state index is -0.561. The summed E-state index contributed by atoms with van der Waals surface area (Å²) >= 11 is 6.80. The predicted molar refractivity (Wildman–Crippen MR) is 235 cm³/mol. The minimum absolute atomic E-state index is 0.116. The molecule has 11 nitrogen and oxygen atoms in total. The maximum Gasteiger partial charge on any atom is 0.421 e. The Bertz CT molecular complexity index is 2470. The number of aromatic hydroxyl groups is 1. The first-order valence-electron chi connectivity index (χ1n) is 22.1. The van der Waals surface area contributed by atoms with E-state index in [0.717, 1.165) is 99.3 Å². The Balaban J connectivity index is 0.771. The molecule has 5 heterocycles. The lowest BCUT2D eigenvalue weighted by molar-refractivity contribution is -0.434. The summed E-state index contributed by atoms with van der Waals surface area (Å²) in [4.78, 5) is 44.6. The zero-order chi connectivity index (χ0) is 42.6. The van der Waals surface area contributed by atoms with Crippen LogP contribution in [0.1, 0.15) is 88.5 Å². The van der Waals surface area contributed by atoms with Crippen molar-refractivity contribution in [3.8, 4) is 17.2 Å². The van der Waals surface area contributed by atoms with E-state index in [2.05, 4.69) is 44.3 Å². The molecule has 0 saturated carbocycles. The number of amides is 3. The molecule has 3 saturated heterocycles. The zero-order valence-electron chi connectivity index (χ0n) is 35.0. The molecule has 0 spiro atoms. The fourth-order valence-electron chi connectivity index (χ4n) is 11.1. The highest BCUT2D eigenvalue weighted by Crippen LogP contribution is 2.51. The lowest BCUT2D eigenvalue weighted by Gasteiger charge is -2.46. The standard InChI is InChI=1S/C49H51ClFN5O6/c1-61-43-24-41(40(51)22-37(43)45-35(30-5-3-2-4-6-30)10-7-31-21-34(57)9-11-36(31)45)54-17-14-29(15-18-54)13-16-53-19-20-56-33(26-53)28-62-47-38-27-55(25-32-8-12-44(58)52-48(32)59)49(60)46(38)39(50)23-42(47)56/h2-6,9,11,21-25,29,32-33,35,45H,7-8,10,12-20,26-28H2,1H3,(H-,52,57,58,59)/p+1/t32?,33-,35-,45+/m1/s1. The Hall–Kier alpha value is -5.46. The second-order valence-electron chi connectivity index (χ2n) is 17.8. The monoisotopic (exact) mass is 860 g/mol. The number of phenolic OH excluding ortho intramolecular Hbond substituents is 1. The molecule has 0 bridgehead atoms. The van der Waals surface area contributed by atoms with Gasteiger partial charge in [0, 0.05) is 56.7 Å². The van der Waals surface area contributed by atoms with Gasteiger partial charge >= 0.3 is 5.91 Å². The van der Waals surface area contributed by atoms with Crippen molar-refractivity contribution in [3.05, 3.63) is 111 Å². The van der Waals surface area contributed by atoms with Crippen LogP contribution >= 0.6 is 11.6 Å². The first kappa shape index (κ1) is 40.6. The second-order valence-corrected chi connectivity index (χ2v) is 18.2. The largest absolute Gasteiger partial charge is 0.508 e. The number of benzene rings is 4. The Morgan fingerprint density at radius 3 is 2.56 bits per heavy atom. The van der Waals surface area contributed by atoms with Crippen molar-refractivity contribution in [3.63, 3.8) is 0 Å². The van der Waals surface area contributed by atoms with Crippen LogP contribution < -0.4 is 24.6 Å². The molecule has 4 aromatic carbocycles. The Labute approximate surface area is 366 Å². The third-order valence-corrected chi connectivity index (χ3v) is 14.6. The van der Waals surface area contributed by atoms with Gasteiger partial charge in [-0.1, -0.05) is 48.0 Å². The van der Waals surface area contributed by atoms with Crippen molar-refractivity contribution in [1.29, 1.82) is 0 Å². The van der Waals surface area contributed by atoms with Crippen LogP contribution in [-0.2, 0) is 22.6 Å². The van der Waals surface area contributed by atoms with Crippen LogP contribution in [0, 0.1) is 17.7 Å². The minimum Gasteiger partial charge on any atom is -0.508 e. The fraction of sp³-hybridized carbons (Fsp3) is 0.429. The number of rotatable bonds is 8. The van der Waals surface area contributed by atoms with Gasteiger partial charge < -0.3 is 24.4 Å². The summed E-state index contributed by atoms with van der Waals surface area (Å²) in [6, 6.07) is 21.6. The van der Waals surface area contributed by atoms with Crippen molar-refractivity contribution >= 4 is 46.9 Å². The van der Waals surface area contributed by atoms with Crippen LogP contribution in [-0.4, -0.2) is 97.5 Å². The quantitative estimate of drug-likeness (QED) is 0.142. The summed E-state index contributed by atoms with van der Waals surface area (Å²) in [5.74, 6) is 0.460. The van der Waals surface area contributed by atoms with Gasteiger partial charge in [0.25, 0.3) is 0 Å². The third kappa shape index (κ3) is 7.48. The molecule has 322 valence electrons. The maximum absolute atomic E-state index is 16.4. The lowest BCUT2D eigenvalue weighted by Crippen LogP contribution is -2.57. The number of methoxy groups -OCH3 is 1. The molecule has 5 aliphatic heterocycles. The van der Waals surface area contributed by atoms with Gasteiger partial charge in [-0.25, -0.2) is 9.18 Å². The highest BCUT2D eigenvalue weighted by molar-refractivity contribution is 6.34. The van der Waals surface area contributed by atoms with Gasteiger partial charge in [-0.05, 0) is 97.9 Å². The van der Waals surface area contributed by atoms with E-state index in [4.69, 9.17) is 21.1 Å². The Morgan fingerprint density at radius 1 is 0.952 bits per heavy atom. The van der Waals surface area contributed by atoms with Gasteiger partial charge in [-0.15, -0.1) is 0 Å². The van der Waals surface area contributed by atoms with E-state index in [0.29, 0.717) is 46.7 Å². The molecular formula is C49H52ClFN5O6+. The number of phenols is 1. The van der Waals surface area contributed by atoms with E-state index < -0.39 is 5.92 Å². The van der Waals surface area contributed by atoms with Crippen molar-refractivity contribution in [1.82, 2.24) is 10.2 Å². The average Bonchev–Trinajstić information content (AvgIpc) is 3.62. The number of aryl methyl sites for hydroxylation is 1. The van der Waals surface area contributed by atoms with Crippen molar-refractivity contribution in [2.24, 2.45) is 11.8 Å². The second kappa shape index (κ2) is 16.7. The summed E-state index contributed by atoms with van der Waals surface area (Å²) < 4.78 is 30.4. The summed E-state index contributed by atoms with van der Waals surface area (Å²) in [6.45, 7) is 5.86. The smallest absolute Gasteiger partial charge is 0.421 e. The van der Waals surface area contributed by atoms with Crippen LogP contribution in [0.4, 0.5) is 15.8 Å². The van der Waals surface area contributed by atoms with Crippen molar-refractivity contribution in [2.45, 2.75) is 69.4 Å². The molecule has 3 fully saturated rings. The Kier molecular flexibility index (Phi) is 10.9. The number of hydrogen-bond donors (Lipinski definition) is 2. The van der Waals surface area contributed by atoms with E-state index in [1.54, 1.807) is 25.5 Å². The molecule has 2 N–H and O–H groups in total. The summed E-state index contributed by atoms with van der Waals surface area (Å²) in [5, 5.41) is 13.0. The number of fused-ring (bicyclic) bond motifs is 6. The maximum atomic E-state index is 16.4. The van der Waals surface area contributed by atoms with Crippen LogP contribution in [0.25, 0.3) is 0 Å². The van der Waals surface area contributed by atoms with Crippen molar-refractivity contribution in [2.75, 3.05) is 62.8 Å². The number of anilines is 2. The number of piperidine rings is 2. The van der Waals surface area contributed by atoms with E-state index in [-0.39, 0.29) is 60.1 Å². The van der Waals surface area contributed by atoms with Gasteiger partial charge in [0.05, 0.1) is 35.1 Å². The molecule has 0 aromatic heterocycles. The molecule has 0 radical (unpaired) electrons. The SMILES string of the molecule is COc1cc(N2CCC(CCN3CCN4c5cc(Cl)c6c(c5OC[C@H]4C3)C[N+](=CC3CCC(=O)NC3=O)C6=O)CC2)c(F)cc1[C@@H]1c2ccc(O)cc2CC[C@@H]1c1ccccc1. The number of nitrogens with one attached hydrogen (secondary N) is 1. The topological polar surface area (TPSA) is 115 Å². The number of nitrogens with zero attached hydrogens (tertiary/aromatic N) is 4. The predicted octanol–water partition coefficient (Wildman–Crippen LogP) is 7.03. The van der Waals surface area contributed by atoms with Gasteiger partial charge in [0.1, 0.15) is 35.4 Å². The molecule has 1 aliphatic carbocycles. The number of halogens is 2. The summed E-state index contributed by atoms with van der Waals surface area (Å²) in [6.07, 6.45) is 7.00. The molecule has 3 amide bonds. The summed E-state index contributed by atoms with van der Waals surface area (Å²) in [7, 11) is 1.67. The highest BCUT2D eigenvalue weighted by atomic mass is 35.5. The van der Waals surface area contributed by atoms with E-state index >= 15 is 4.39 Å². The first-order chi connectivity index (χ1) is 30.1. The highest BCUT2D eigenvalue weighted by Gasteiger charge is 2.44. The van der Waals surface area contributed by atoms with Crippen LogP contribution in [0.3, 0.4) is 0 Å². The van der Waals surface area contributed by atoms with E-state index in [1.807, 2.05) is 30.3 Å². The summed E-state index contributed by atoms with van der Waals surface area (Å²) in [5.41, 5.74) is 6.92. The van der Waals surface area contributed by atoms with E-state index in [9.17, 15) is 19.5 Å². The number of carbonyl (C=O) groups excluding carboxylic acids is 3. The molecule has 4 aromatic rings. The van der Waals surface area contributed by atoms with Crippen LogP contribution in [0.2, 0.25) is 5.02 Å². The zero-order valence-corrected chi connectivity index (χ0v) is 35.7. The molecular weight excluding hydrogens is 809 g/mol. The molecule has 62 heavy (non-hydrogen) atoms. The first-order valence-corrected chi connectivity index (χ1v) is 22.5. The van der Waals surface area contributed by atoms with Gasteiger partial charge in [0.2, 0.25) is 11.8 Å².